The molecule has 0 N–H and O–H groups in total. The van der Waals surface area contributed by atoms with E-state index in [0.29, 0.717) is 31.1 Å². The molecule has 0 aromatic carbocycles. The molecule has 0 unspecified atom stereocenters. The van der Waals surface area contributed by atoms with E-state index in [-0.39, 0.29) is 10.8 Å². The quantitative estimate of drug-likeness (QED) is 0.808. The van der Waals surface area contributed by atoms with Crippen molar-refractivity contribution in [3.05, 3.63) is 16.3 Å². The zero-order chi connectivity index (χ0) is 17.2. The molecule has 3 heterocycles. The van der Waals surface area contributed by atoms with Crippen molar-refractivity contribution in [2.24, 2.45) is 0 Å². The van der Waals surface area contributed by atoms with Crippen molar-refractivity contribution in [2.75, 3.05) is 45.8 Å². The summed E-state index contributed by atoms with van der Waals surface area (Å²) in [5.41, 5.74) is 0. The summed E-state index contributed by atoms with van der Waals surface area (Å²) in [5, 5.41) is 1.71. The van der Waals surface area contributed by atoms with Gasteiger partial charge in [0.1, 0.15) is 9.77 Å². The van der Waals surface area contributed by atoms with Crippen molar-refractivity contribution in [2.45, 2.75) is 31.1 Å². The highest BCUT2D eigenvalue weighted by Crippen LogP contribution is 2.28. The van der Waals surface area contributed by atoms with Gasteiger partial charge in [0.05, 0.1) is 0 Å². The second kappa shape index (κ2) is 7.51. The van der Waals surface area contributed by atoms with Crippen LogP contribution in [0, 0.1) is 0 Å². The van der Waals surface area contributed by atoms with Crippen LogP contribution in [0.1, 0.15) is 35.9 Å². The maximum atomic E-state index is 12.9. The third kappa shape index (κ3) is 3.51. The van der Waals surface area contributed by atoms with Gasteiger partial charge >= 0.3 is 0 Å². The molecule has 134 valence electrons. The fraction of sp³-hybridized carbons (Fsp3) is 0.688. The number of piperidine rings is 1. The van der Waals surface area contributed by atoms with Crippen LogP contribution in [0.25, 0.3) is 0 Å². The minimum Gasteiger partial charge on any atom is -0.335 e. The molecule has 1 aromatic rings. The van der Waals surface area contributed by atoms with Crippen molar-refractivity contribution < 1.29 is 13.2 Å². The van der Waals surface area contributed by atoms with E-state index in [1.54, 1.807) is 16.3 Å². The second-order valence-corrected chi connectivity index (χ2v) is 9.13. The van der Waals surface area contributed by atoms with Gasteiger partial charge in [-0.15, -0.1) is 11.3 Å². The zero-order valence-electron chi connectivity index (χ0n) is 14.1. The lowest BCUT2D eigenvalue weighted by molar-refractivity contribution is 0.0644. The van der Waals surface area contributed by atoms with Crippen LogP contribution in [0.2, 0.25) is 0 Å². The van der Waals surface area contributed by atoms with Crippen LogP contribution in [0.5, 0.6) is 0 Å². The normalized spacial score (nSPS) is 21.1. The van der Waals surface area contributed by atoms with E-state index >= 15 is 0 Å². The van der Waals surface area contributed by atoms with Gasteiger partial charge in [-0.1, -0.05) is 13.3 Å². The van der Waals surface area contributed by atoms with E-state index in [1.807, 2.05) is 0 Å². The van der Waals surface area contributed by atoms with Gasteiger partial charge in [0.2, 0.25) is 10.0 Å². The van der Waals surface area contributed by atoms with E-state index in [9.17, 15) is 13.2 Å². The van der Waals surface area contributed by atoms with Gasteiger partial charge in [-0.2, -0.15) is 4.31 Å². The van der Waals surface area contributed by atoms with Crippen molar-refractivity contribution >= 4 is 27.3 Å². The minimum absolute atomic E-state index is 0.142. The highest BCUT2D eigenvalue weighted by Gasteiger charge is 2.33. The van der Waals surface area contributed by atoms with E-state index in [1.165, 1.54) is 15.6 Å². The Labute approximate surface area is 148 Å². The van der Waals surface area contributed by atoms with Crippen molar-refractivity contribution in [3.8, 4) is 0 Å². The number of likely N-dealkylation sites (N-methyl/N-ethyl adjacent to an activating group) is 1. The van der Waals surface area contributed by atoms with Gasteiger partial charge in [-0.05, 0) is 30.8 Å². The lowest BCUT2D eigenvalue weighted by Crippen LogP contribution is -2.48. The predicted molar refractivity (Wildman–Crippen MR) is 94.9 cm³/mol. The largest absolute Gasteiger partial charge is 0.335 e. The standard InChI is InChI=1S/C16H25N3O3S2/c1-2-17-9-11-18(12-10-17)16(20)15-14(6-13-23-15)24(21,22)19-7-4-3-5-8-19/h6,13H,2-5,7-12H2,1H3. The number of amides is 1. The smallest absolute Gasteiger partial charge is 0.265 e. The fourth-order valence-electron chi connectivity index (χ4n) is 3.31. The Morgan fingerprint density at radius 2 is 1.75 bits per heavy atom. The van der Waals surface area contributed by atoms with Crippen LogP contribution in [0.3, 0.4) is 0 Å². The van der Waals surface area contributed by atoms with Gasteiger partial charge in [-0.25, -0.2) is 8.42 Å². The monoisotopic (exact) mass is 371 g/mol. The van der Waals surface area contributed by atoms with E-state index in [2.05, 4.69) is 11.8 Å². The summed E-state index contributed by atoms with van der Waals surface area (Å²) in [6.07, 6.45) is 2.86. The summed E-state index contributed by atoms with van der Waals surface area (Å²) in [5.74, 6) is -0.142. The Kier molecular flexibility index (Phi) is 5.59. The summed E-state index contributed by atoms with van der Waals surface area (Å²) in [4.78, 5) is 17.5. The SMILES string of the molecule is CCN1CCN(C(=O)c2sccc2S(=O)(=O)N2CCCCC2)CC1. The number of nitrogens with zero attached hydrogens (tertiary/aromatic N) is 3. The van der Waals surface area contributed by atoms with Crippen molar-refractivity contribution in [1.29, 1.82) is 0 Å². The minimum atomic E-state index is -3.56. The molecular weight excluding hydrogens is 346 g/mol. The molecule has 1 amide bonds. The highest BCUT2D eigenvalue weighted by molar-refractivity contribution is 7.89. The molecule has 0 saturated carbocycles. The number of hydrogen-bond acceptors (Lipinski definition) is 5. The molecule has 2 aliphatic heterocycles. The first-order chi connectivity index (χ1) is 11.5. The van der Waals surface area contributed by atoms with Gasteiger partial charge < -0.3 is 9.80 Å². The summed E-state index contributed by atoms with van der Waals surface area (Å²) >= 11 is 1.24. The Morgan fingerprint density at radius 1 is 1.08 bits per heavy atom. The average Bonchev–Trinajstić information content (AvgIpc) is 3.12. The Bertz CT molecular complexity index is 672. The molecule has 6 nitrogen and oxygen atoms in total. The number of piperazine rings is 1. The highest BCUT2D eigenvalue weighted by atomic mass is 32.2. The van der Waals surface area contributed by atoms with E-state index in [0.717, 1.165) is 38.9 Å². The van der Waals surface area contributed by atoms with Crippen LogP contribution < -0.4 is 0 Å². The molecule has 1 aromatic heterocycles. The molecule has 2 saturated heterocycles. The van der Waals surface area contributed by atoms with Crippen LogP contribution in [-0.4, -0.2) is 74.2 Å². The molecule has 0 atom stereocenters. The Morgan fingerprint density at radius 3 is 2.38 bits per heavy atom. The van der Waals surface area contributed by atoms with E-state index < -0.39 is 10.0 Å². The molecule has 24 heavy (non-hydrogen) atoms. The molecular formula is C16H25N3O3S2. The third-order valence-corrected chi connectivity index (χ3v) is 7.84. The number of carbonyl (C=O) groups is 1. The fourth-order valence-corrected chi connectivity index (χ4v) is 6.19. The molecule has 0 aliphatic carbocycles. The molecule has 0 spiro atoms. The lowest BCUT2D eigenvalue weighted by atomic mass is 10.2. The number of thiophene rings is 1. The van der Waals surface area contributed by atoms with Gasteiger partial charge in [0, 0.05) is 39.3 Å². The first-order valence-corrected chi connectivity index (χ1v) is 11.0. The Hall–Kier alpha value is -0.960. The second-order valence-electron chi connectivity index (χ2n) is 6.31. The van der Waals surface area contributed by atoms with Gasteiger partial charge in [0.25, 0.3) is 5.91 Å². The van der Waals surface area contributed by atoms with Crippen LogP contribution in [0.15, 0.2) is 16.3 Å². The number of rotatable bonds is 4. The maximum Gasteiger partial charge on any atom is 0.265 e. The molecule has 3 rings (SSSR count). The molecule has 2 aliphatic rings. The first-order valence-electron chi connectivity index (χ1n) is 8.63. The molecule has 0 bridgehead atoms. The van der Waals surface area contributed by atoms with E-state index in [4.69, 9.17) is 0 Å². The number of carbonyl (C=O) groups excluding carboxylic acids is 1. The number of sulfonamides is 1. The molecule has 2 fully saturated rings. The van der Waals surface area contributed by atoms with Gasteiger partial charge in [-0.3, -0.25) is 4.79 Å². The van der Waals surface area contributed by atoms with Crippen LogP contribution in [0.4, 0.5) is 0 Å². The maximum absolute atomic E-state index is 12.9. The van der Waals surface area contributed by atoms with Crippen LogP contribution >= 0.6 is 11.3 Å². The molecule has 8 heteroatoms. The lowest BCUT2D eigenvalue weighted by Gasteiger charge is -2.34. The van der Waals surface area contributed by atoms with Crippen molar-refractivity contribution in [1.82, 2.24) is 14.1 Å². The number of hydrogen-bond donors (Lipinski definition) is 0. The summed E-state index contributed by atoms with van der Waals surface area (Å²) in [6.45, 7) is 7.23. The molecule has 0 radical (unpaired) electrons. The summed E-state index contributed by atoms with van der Waals surface area (Å²) in [6, 6.07) is 1.59. The van der Waals surface area contributed by atoms with Crippen LogP contribution in [-0.2, 0) is 10.0 Å². The third-order valence-electron chi connectivity index (χ3n) is 4.86. The summed E-state index contributed by atoms with van der Waals surface area (Å²) in [7, 11) is -3.56. The summed E-state index contributed by atoms with van der Waals surface area (Å²) < 4.78 is 27.3. The average molecular weight is 372 g/mol. The van der Waals surface area contributed by atoms with Crippen molar-refractivity contribution in [3.63, 3.8) is 0 Å². The van der Waals surface area contributed by atoms with Gasteiger partial charge in [0.15, 0.2) is 0 Å². The first kappa shape index (κ1) is 17.8. The predicted octanol–water partition coefficient (Wildman–Crippen LogP) is 1.70. The Balaban J connectivity index is 1.78. The zero-order valence-corrected chi connectivity index (χ0v) is 15.7. The topological polar surface area (TPSA) is 60.9 Å².